The van der Waals surface area contributed by atoms with Crippen LogP contribution in [0.1, 0.15) is 45.1 Å². The average Bonchev–Trinajstić information content (AvgIpc) is 3.03. The molecule has 2 heterocycles. The zero-order chi connectivity index (χ0) is 14.4. The summed E-state index contributed by atoms with van der Waals surface area (Å²) in [7, 11) is 2.11. The molecule has 1 atom stereocenters. The average molecular weight is 275 g/mol. The summed E-state index contributed by atoms with van der Waals surface area (Å²) >= 11 is 0. The van der Waals surface area contributed by atoms with Crippen LogP contribution in [-0.2, 0) is 6.42 Å². The summed E-state index contributed by atoms with van der Waals surface area (Å²) < 4.78 is 0. The van der Waals surface area contributed by atoms with Crippen LogP contribution in [0.5, 0.6) is 0 Å². The van der Waals surface area contributed by atoms with Crippen molar-refractivity contribution < 1.29 is 0 Å². The van der Waals surface area contributed by atoms with E-state index in [1.807, 2.05) is 18.5 Å². The normalized spacial score (nSPS) is 18.4. The monoisotopic (exact) mass is 275 g/mol. The number of hydrogen-bond acceptors (Lipinski definition) is 3. The predicted molar refractivity (Wildman–Crippen MR) is 84.9 cm³/mol. The number of likely N-dealkylation sites (N-methyl/N-ethyl adjacent to an activating group) is 1. The lowest BCUT2D eigenvalue weighted by atomic mass is 9.80. The maximum atomic E-state index is 4.26. The van der Waals surface area contributed by atoms with Crippen molar-refractivity contribution >= 4 is 0 Å². The second-order valence-electron chi connectivity index (χ2n) is 5.91. The fraction of sp³-hybridized carbons (Fsp3) is 0.706. The first kappa shape index (κ1) is 15.5. The number of rotatable bonds is 7. The van der Waals surface area contributed by atoms with Crippen LogP contribution in [0.2, 0.25) is 0 Å². The molecular weight excluding hydrogens is 246 g/mol. The topological polar surface area (TPSA) is 28.2 Å². The molecule has 0 spiro atoms. The molecule has 0 radical (unpaired) electrons. The van der Waals surface area contributed by atoms with Gasteiger partial charge in [-0.05, 0) is 63.9 Å². The third-order valence-corrected chi connectivity index (χ3v) is 5.12. The summed E-state index contributed by atoms with van der Waals surface area (Å²) in [5.74, 6) is 0. The maximum absolute atomic E-state index is 4.26. The molecule has 1 aliphatic heterocycles. The van der Waals surface area contributed by atoms with Crippen LogP contribution in [0.15, 0.2) is 24.5 Å². The summed E-state index contributed by atoms with van der Waals surface area (Å²) in [4.78, 5) is 6.99. The van der Waals surface area contributed by atoms with Gasteiger partial charge in [0.2, 0.25) is 0 Å². The Bertz CT molecular complexity index is 380. The fourth-order valence-electron chi connectivity index (χ4n) is 3.89. The van der Waals surface area contributed by atoms with Crippen molar-refractivity contribution in [2.75, 3.05) is 20.1 Å². The number of nitrogens with zero attached hydrogens (tertiary/aromatic N) is 2. The van der Waals surface area contributed by atoms with Crippen molar-refractivity contribution in [3.63, 3.8) is 0 Å². The fourth-order valence-corrected chi connectivity index (χ4v) is 3.89. The molecule has 112 valence electrons. The quantitative estimate of drug-likeness (QED) is 0.829. The smallest absolute Gasteiger partial charge is 0.0360 e. The molecule has 0 amide bonds. The minimum absolute atomic E-state index is 0.279. The molecule has 0 saturated carbocycles. The molecule has 3 nitrogen and oxygen atoms in total. The van der Waals surface area contributed by atoms with Crippen LogP contribution in [-0.4, -0.2) is 41.6 Å². The van der Waals surface area contributed by atoms with Crippen molar-refractivity contribution in [1.82, 2.24) is 15.2 Å². The van der Waals surface area contributed by atoms with E-state index in [-0.39, 0.29) is 5.54 Å². The van der Waals surface area contributed by atoms with Crippen LogP contribution in [0.4, 0.5) is 0 Å². The van der Waals surface area contributed by atoms with Crippen LogP contribution < -0.4 is 5.32 Å². The zero-order valence-corrected chi connectivity index (χ0v) is 13.2. The van der Waals surface area contributed by atoms with E-state index in [0.717, 1.165) is 6.42 Å². The van der Waals surface area contributed by atoms with E-state index in [4.69, 9.17) is 0 Å². The number of nitrogens with one attached hydrogen (secondary N) is 1. The Morgan fingerprint density at radius 3 is 2.50 bits per heavy atom. The third-order valence-electron chi connectivity index (χ3n) is 5.12. The Morgan fingerprint density at radius 1 is 1.30 bits per heavy atom. The predicted octanol–water partition coefficient (Wildman–Crippen LogP) is 2.87. The van der Waals surface area contributed by atoms with Crippen LogP contribution >= 0.6 is 0 Å². The molecular formula is C17H29N3. The lowest BCUT2D eigenvalue weighted by Crippen LogP contribution is -2.60. The number of pyridine rings is 1. The standard InChI is InChI=1S/C17H29N3/c1-4-17(5-2,20-11-6-7-12-20)16(18-3)13-15-9-8-10-19-14-15/h8-10,14,16,18H,4-7,11-13H2,1-3H3. The molecule has 1 N–H and O–H groups in total. The van der Waals surface area contributed by atoms with Gasteiger partial charge in [-0.15, -0.1) is 0 Å². The minimum Gasteiger partial charge on any atom is -0.315 e. The highest BCUT2D eigenvalue weighted by atomic mass is 15.2. The van der Waals surface area contributed by atoms with Gasteiger partial charge in [0.25, 0.3) is 0 Å². The van der Waals surface area contributed by atoms with E-state index in [2.05, 4.69) is 42.2 Å². The van der Waals surface area contributed by atoms with Gasteiger partial charge in [0.05, 0.1) is 0 Å². The first-order valence-electron chi connectivity index (χ1n) is 8.08. The van der Waals surface area contributed by atoms with Crippen molar-refractivity contribution in [1.29, 1.82) is 0 Å². The summed E-state index contributed by atoms with van der Waals surface area (Å²) in [6.07, 6.45) is 10.0. The molecule has 3 heteroatoms. The Labute approximate surface area is 123 Å². The van der Waals surface area contributed by atoms with Gasteiger partial charge in [0.1, 0.15) is 0 Å². The van der Waals surface area contributed by atoms with Crippen molar-refractivity contribution in [3.05, 3.63) is 30.1 Å². The molecule has 1 aromatic rings. The Morgan fingerprint density at radius 2 is 2.00 bits per heavy atom. The van der Waals surface area contributed by atoms with Gasteiger partial charge in [-0.1, -0.05) is 19.9 Å². The van der Waals surface area contributed by atoms with Gasteiger partial charge in [-0.25, -0.2) is 0 Å². The summed E-state index contributed by atoms with van der Waals surface area (Å²) in [6.45, 7) is 7.20. The van der Waals surface area contributed by atoms with Crippen LogP contribution in [0.3, 0.4) is 0 Å². The lowest BCUT2D eigenvalue weighted by molar-refractivity contribution is 0.0650. The summed E-state index contributed by atoms with van der Waals surface area (Å²) in [5, 5.41) is 3.60. The highest BCUT2D eigenvalue weighted by molar-refractivity contribution is 5.14. The lowest BCUT2D eigenvalue weighted by Gasteiger charge is -2.47. The van der Waals surface area contributed by atoms with E-state index in [1.54, 1.807) is 0 Å². The third kappa shape index (κ3) is 3.04. The van der Waals surface area contributed by atoms with Gasteiger partial charge in [0.15, 0.2) is 0 Å². The van der Waals surface area contributed by atoms with Crippen molar-refractivity contribution in [3.8, 4) is 0 Å². The first-order valence-corrected chi connectivity index (χ1v) is 8.08. The first-order chi connectivity index (χ1) is 9.76. The number of aromatic nitrogens is 1. The van der Waals surface area contributed by atoms with Gasteiger partial charge in [-0.3, -0.25) is 9.88 Å². The van der Waals surface area contributed by atoms with E-state index in [0.29, 0.717) is 6.04 Å². The van der Waals surface area contributed by atoms with Gasteiger partial charge in [0, 0.05) is 24.0 Å². The minimum atomic E-state index is 0.279. The highest BCUT2D eigenvalue weighted by Gasteiger charge is 2.41. The zero-order valence-electron chi connectivity index (χ0n) is 13.2. The Hall–Kier alpha value is -0.930. The van der Waals surface area contributed by atoms with Gasteiger partial charge >= 0.3 is 0 Å². The molecule has 0 aromatic carbocycles. The van der Waals surface area contributed by atoms with E-state index < -0.39 is 0 Å². The SMILES string of the molecule is CCC(CC)(C(Cc1cccnc1)NC)N1CCCC1. The van der Waals surface area contributed by atoms with Crippen LogP contribution in [0.25, 0.3) is 0 Å². The summed E-state index contributed by atoms with van der Waals surface area (Å²) in [5.41, 5.74) is 1.61. The Balaban J connectivity index is 2.20. The molecule has 0 aliphatic carbocycles. The molecule has 1 unspecified atom stereocenters. The van der Waals surface area contributed by atoms with Crippen molar-refractivity contribution in [2.24, 2.45) is 0 Å². The molecule has 1 aliphatic rings. The van der Waals surface area contributed by atoms with Gasteiger partial charge < -0.3 is 5.32 Å². The molecule has 0 bridgehead atoms. The largest absolute Gasteiger partial charge is 0.315 e. The molecule has 2 rings (SSSR count). The highest BCUT2D eigenvalue weighted by Crippen LogP contribution is 2.32. The van der Waals surface area contributed by atoms with Crippen molar-refractivity contribution in [2.45, 2.75) is 57.5 Å². The molecule has 20 heavy (non-hydrogen) atoms. The second-order valence-corrected chi connectivity index (χ2v) is 5.91. The molecule has 1 aromatic heterocycles. The number of likely N-dealkylation sites (tertiary alicyclic amines) is 1. The maximum Gasteiger partial charge on any atom is 0.0360 e. The molecule has 1 saturated heterocycles. The van der Waals surface area contributed by atoms with E-state index >= 15 is 0 Å². The number of hydrogen-bond donors (Lipinski definition) is 1. The van der Waals surface area contributed by atoms with E-state index in [9.17, 15) is 0 Å². The molecule has 1 fully saturated rings. The second kappa shape index (κ2) is 7.19. The Kier molecular flexibility index (Phi) is 5.55. The van der Waals surface area contributed by atoms with Crippen LogP contribution in [0, 0.1) is 0 Å². The summed E-state index contributed by atoms with van der Waals surface area (Å²) in [6, 6.07) is 4.72. The van der Waals surface area contributed by atoms with E-state index in [1.165, 1.54) is 44.3 Å². The van der Waals surface area contributed by atoms with Gasteiger partial charge in [-0.2, -0.15) is 0 Å².